The summed E-state index contributed by atoms with van der Waals surface area (Å²) in [6, 6.07) is 3.07. The molecule has 1 fully saturated rings. The smallest absolute Gasteiger partial charge is 0.293 e. The Morgan fingerprint density at radius 3 is 2.57 bits per heavy atom. The Bertz CT molecular complexity index is 642. The molecule has 1 N–H and O–H groups in total. The number of halogens is 1. The largest absolute Gasteiger partial charge is 0.504 e. The summed E-state index contributed by atoms with van der Waals surface area (Å²) >= 11 is 4.17. The first-order valence-corrected chi connectivity index (χ1v) is 7.79. The van der Waals surface area contributed by atoms with E-state index in [1.807, 2.05) is 0 Å². The number of rotatable bonds is 3. The van der Waals surface area contributed by atoms with Crippen LogP contribution in [0, 0.1) is 0 Å². The Kier molecular flexibility index (Phi) is 4.63. The van der Waals surface area contributed by atoms with Crippen molar-refractivity contribution in [2.24, 2.45) is 0 Å². The van der Waals surface area contributed by atoms with Crippen molar-refractivity contribution in [3.63, 3.8) is 0 Å². The quantitative estimate of drug-likeness (QED) is 0.822. The Labute approximate surface area is 135 Å². The Morgan fingerprint density at radius 1 is 1.38 bits per heavy atom. The van der Waals surface area contributed by atoms with Gasteiger partial charge < -0.3 is 9.84 Å². The number of aromatic hydroxyl groups is 1. The summed E-state index contributed by atoms with van der Waals surface area (Å²) in [6.07, 6.45) is 1.50. The lowest BCUT2D eigenvalue weighted by Crippen LogP contribution is -2.34. The number of hydrogen-bond donors (Lipinski definition) is 1. The highest BCUT2D eigenvalue weighted by molar-refractivity contribution is 9.10. The second-order valence-corrected chi connectivity index (χ2v) is 6.60. The summed E-state index contributed by atoms with van der Waals surface area (Å²) in [4.78, 5) is 25.5. The van der Waals surface area contributed by atoms with Gasteiger partial charge in [0, 0.05) is 16.1 Å². The second kappa shape index (κ2) is 6.11. The summed E-state index contributed by atoms with van der Waals surface area (Å²) in [6.45, 7) is 3.55. The minimum atomic E-state index is -0.349. The van der Waals surface area contributed by atoms with Crippen LogP contribution in [0.4, 0.5) is 4.79 Å². The van der Waals surface area contributed by atoms with E-state index in [-0.39, 0.29) is 27.8 Å². The van der Waals surface area contributed by atoms with Crippen molar-refractivity contribution in [1.29, 1.82) is 0 Å². The zero-order chi connectivity index (χ0) is 15.7. The molecule has 1 aliphatic rings. The minimum Gasteiger partial charge on any atom is -0.504 e. The maximum Gasteiger partial charge on any atom is 0.293 e. The van der Waals surface area contributed by atoms with Gasteiger partial charge in [0.2, 0.25) is 0 Å². The predicted octanol–water partition coefficient (Wildman–Crippen LogP) is 3.61. The van der Waals surface area contributed by atoms with E-state index in [1.165, 1.54) is 18.1 Å². The number of hydrogen-bond acceptors (Lipinski definition) is 5. The van der Waals surface area contributed by atoms with Crippen molar-refractivity contribution in [2.75, 3.05) is 7.11 Å². The van der Waals surface area contributed by atoms with Gasteiger partial charge in [0.15, 0.2) is 11.5 Å². The average molecular weight is 372 g/mol. The van der Waals surface area contributed by atoms with E-state index in [0.29, 0.717) is 15.8 Å². The number of amides is 2. The first kappa shape index (κ1) is 15.9. The molecule has 0 aromatic heterocycles. The van der Waals surface area contributed by atoms with Crippen molar-refractivity contribution in [1.82, 2.24) is 4.90 Å². The molecular weight excluding hydrogens is 358 g/mol. The molecule has 1 aromatic carbocycles. The van der Waals surface area contributed by atoms with E-state index < -0.39 is 0 Å². The number of carbonyl (C=O) groups excluding carboxylic acids is 2. The third-order valence-corrected chi connectivity index (χ3v) is 4.26. The van der Waals surface area contributed by atoms with Gasteiger partial charge in [-0.1, -0.05) is 15.9 Å². The topological polar surface area (TPSA) is 66.8 Å². The van der Waals surface area contributed by atoms with Gasteiger partial charge in [-0.05, 0) is 43.8 Å². The van der Waals surface area contributed by atoms with Gasteiger partial charge in [-0.3, -0.25) is 14.5 Å². The molecule has 1 heterocycles. The fourth-order valence-electron chi connectivity index (χ4n) is 1.93. The molecule has 1 aliphatic heterocycles. The number of benzene rings is 1. The molecule has 1 aromatic rings. The third-order valence-electron chi connectivity index (χ3n) is 2.92. The van der Waals surface area contributed by atoms with E-state index in [2.05, 4.69) is 15.9 Å². The number of nitrogens with zero attached hydrogens (tertiary/aromatic N) is 1. The van der Waals surface area contributed by atoms with Crippen molar-refractivity contribution >= 4 is 44.9 Å². The predicted molar refractivity (Wildman–Crippen MR) is 85.3 cm³/mol. The molecule has 0 bridgehead atoms. The van der Waals surface area contributed by atoms with Gasteiger partial charge in [0.05, 0.1) is 12.0 Å². The minimum absolute atomic E-state index is 0.0722. The number of imide groups is 1. The number of thioether (sulfide) groups is 1. The summed E-state index contributed by atoms with van der Waals surface area (Å²) in [5.74, 6) is -0.130. The average Bonchev–Trinajstić information content (AvgIpc) is 2.68. The monoisotopic (exact) mass is 371 g/mol. The van der Waals surface area contributed by atoms with Crippen LogP contribution in [0.5, 0.6) is 11.5 Å². The van der Waals surface area contributed by atoms with Crippen LogP contribution < -0.4 is 4.74 Å². The van der Waals surface area contributed by atoms with Gasteiger partial charge in [0.25, 0.3) is 11.1 Å². The van der Waals surface area contributed by atoms with Gasteiger partial charge in [-0.2, -0.15) is 0 Å². The summed E-state index contributed by atoms with van der Waals surface area (Å²) in [5, 5.41) is 9.79. The molecule has 5 nitrogen and oxygen atoms in total. The highest BCUT2D eigenvalue weighted by atomic mass is 79.9. The number of ether oxygens (including phenoxy) is 1. The molecule has 1 saturated heterocycles. The molecule has 0 aliphatic carbocycles. The first-order valence-electron chi connectivity index (χ1n) is 6.18. The van der Waals surface area contributed by atoms with Crippen LogP contribution in [0.2, 0.25) is 0 Å². The fourth-order valence-corrected chi connectivity index (χ4v) is 3.33. The van der Waals surface area contributed by atoms with Gasteiger partial charge in [-0.25, -0.2) is 0 Å². The maximum absolute atomic E-state index is 12.2. The second-order valence-electron chi connectivity index (χ2n) is 4.69. The molecule has 0 unspecified atom stereocenters. The van der Waals surface area contributed by atoms with Crippen LogP contribution in [-0.2, 0) is 4.79 Å². The van der Waals surface area contributed by atoms with E-state index in [4.69, 9.17) is 4.74 Å². The lowest BCUT2D eigenvalue weighted by atomic mass is 10.1. The molecule has 2 amide bonds. The lowest BCUT2D eigenvalue weighted by molar-refractivity contribution is -0.123. The van der Waals surface area contributed by atoms with Crippen LogP contribution in [0.15, 0.2) is 21.5 Å². The molecule has 7 heteroatoms. The van der Waals surface area contributed by atoms with E-state index in [9.17, 15) is 14.7 Å². The van der Waals surface area contributed by atoms with Crippen LogP contribution >= 0.6 is 27.7 Å². The van der Waals surface area contributed by atoms with E-state index >= 15 is 0 Å². The van der Waals surface area contributed by atoms with Crippen LogP contribution in [-0.4, -0.2) is 34.3 Å². The summed E-state index contributed by atoms with van der Waals surface area (Å²) < 4.78 is 5.76. The molecule has 2 rings (SSSR count). The summed E-state index contributed by atoms with van der Waals surface area (Å²) in [5.41, 5.74) is 0.412. The number of phenols is 1. The molecule has 0 spiro atoms. The molecule has 0 atom stereocenters. The first-order chi connectivity index (χ1) is 9.85. The number of methoxy groups -OCH3 is 1. The number of carbonyl (C=O) groups is 2. The van der Waals surface area contributed by atoms with Gasteiger partial charge in [-0.15, -0.1) is 0 Å². The zero-order valence-corrected chi connectivity index (χ0v) is 14.1. The van der Waals surface area contributed by atoms with E-state index in [1.54, 1.807) is 26.0 Å². The Hall–Kier alpha value is -1.47. The molecular formula is C14H14BrNO4S. The van der Waals surface area contributed by atoms with Gasteiger partial charge >= 0.3 is 0 Å². The normalized spacial score (nSPS) is 17.2. The Balaban J connectivity index is 2.44. The van der Waals surface area contributed by atoms with Crippen molar-refractivity contribution < 1.29 is 19.4 Å². The maximum atomic E-state index is 12.2. The Morgan fingerprint density at radius 2 is 2.05 bits per heavy atom. The van der Waals surface area contributed by atoms with E-state index in [0.717, 1.165) is 11.8 Å². The highest BCUT2D eigenvalue weighted by Crippen LogP contribution is 2.38. The van der Waals surface area contributed by atoms with Crippen molar-refractivity contribution in [2.45, 2.75) is 19.9 Å². The van der Waals surface area contributed by atoms with Crippen molar-refractivity contribution in [3.8, 4) is 11.5 Å². The number of phenolic OH excluding ortho intramolecular Hbond substituents is 1. The standard InChI is InChI=1S/C14H14BrNO4S/c1-7(2)16-13(18)11(21-14(16)19)5-8-4-9(15)6-10(20-3)12(8)17/h4-7,17H,1-3H3/b11-5+. The molecule has 0 saturated carbocycles. The summed E-state index contributed by atoms with van der Waals surface area (Å²) in [7, 11) is 1.44. The van der Waals surface area contributed by atoms with Crippen molar-refractivity contribution in [3.05, 3.63) is 27.1 Å². The highest BCUT2D eigenvalue weighted by Gasteiger charge is 2.36. The van der Waals surface area contributed by atoms with Crippen LogP contribution in [0.1, 0.15) is 19.4 Å². The van der Waals surface area contributed by atoms with Crippen LogP contribution in [0.25, 0.3) is 6.08 Å². The zero-order valence-electron chi connectivity index (χ0n) is 11.7. The fraction of sp³-hybridized carbons (Fsp3) is 0.286. The third kappa shape index (κ3) is 3.08. The molecule has 112 valence electrons. The van der Waals surface area contributed by atoms with Crippen LogP contribution in [0.3, 0.4) is 0 Å². The van der Waals surface area contributed by atoms with Gasteiger partial charge in [0.1, 0.15) is 0 Å². The SMILES string of the molecule is COc1cc(Br)cc(/C=C2/SC(=O)N(C(C)C)C2=O)c1O. The molecule has 0 radical (unpaired) electrons. The lowest BCUT2D eigenvalue weighted by Gasteiger charge is -2.16. The molecule has 21 heavy (non-hydrogen) atoms.